The van der Waals surface area contributed by atoms with E-state index in [9.17, 15) is 8.42 Å². The van der Waals surface area contributed by atoms with Crippen LogP contribution >= 0.6 is 11.3 Å². The number of nitrogens with zero attached hydrogens (tertiary/aromatic N) is 1. The Kier molecular flexibility index (Phi) is 4.03. The minimum absolute atomic E-state index is 0.229. The summed E-state index contributed by atoms with van der Waals surface area (Å²) in [5.74, 6) is 0. The number of thiazole rings is 1. The van der Waals surface area contributed by atoms with E-state index in [1.807, 2.05) is 38.3 Å². The molecular weight excluding hydrogens is 280 g/mol. The fraction of sp³-hybridized carbons (Fsp3) is 0.308. The molecule has 1 aromatic carbocycles. The average molecular weight is 296 g/mol. The minimum Gasteiger partial charge on any atom is -0.248 e. The largest absolute Gasteiger partial charge is 0.248 e. The van der Waals surface area contributed by atoms with Crippen molar-refractivity contribution >= 4 is 21.4 Å². The lowest BCUT2D eigenvalue weighted by molar-refractivity contribution is 0.580. The third kappa shape index (κ3) is 3.20. The van der Waals surface area contributed by atoms with Crippen molar-refractivity contribution < 1.29 is 8.42 Å². The number of sulfonamides is 1. The van der Waals surface area contributed by atoms with Gasteiger partial charge in [0.15, 0.2) is 0 Å². The average Bonchev–Trinajstić information content (AvgIpc) is 2.77. The number of hydrogen-bond donors (Lipinski definition) is 1. The van der Waals surface area contributed by atoms with Crippen LogP contribution in [0.2, 0.25) is 0 Å². The molecule has 0 fully saturated rings. The number of aryl methyl sites for hydroxylation is 3. The second-order valence-corrected chi connectivity index (χ2v) is 7.16. The summed E-state index contributed by atoms with van der Waals surface area (Å²) in [6.07, 6.45) is 1.66. The highest BCUT2D eigenvalue weighted by atomic mass is 32.2. The van der Waals surface area contributed by atoms with Gasteiger partial charge in [-0.2, -0.15) is 0 Å². The van der Waals surface area contributed by atoms with Gasteiger partial charge in [0.25, 0.3) is 0 Å². The Hall–Kier alpha value is -1.24. The van der Waals surface area contributed by atoms with Crippen molar-refractivity contribution in [2.45, 2.75) is 32.2 Å². The predicted octanol–water partition coefficient (Wildman–Crippen LogP) is 2.55. The molecule has 0 saturated heterocycles. The van der Waals surface area contributed by atoms with Crippen LogP contribution in [0.5, 0.6) is 0 Å². The predicted molar refractivity (Wildman–Crippen MR) is 76.8 cm³/mol. The molecule has 2 rings (SSSR count). The fourth-order valence-electron chi connectivity index (χ4n) is 2.16. The van der Waals surface area contributed by atoms with E-state index < -0.39 is 10.0 Å². The lowest BCUT2D eigenvalue weighted by Crippen LogP contribution is -2.24. The van der Waals surface area contributed by atoms with E-state index in [2.05, 4.69) is 9.71 Å². The first-order valence-electron chi connectivity index (χ1n) is 5.86. The van der Waals surface area contributed by atoms with Crippen LogP contribution in [0.4, 0.5) is 0 Å². The molecule has 19 heavy (non-hydrogen) atoms. The third-order valence-corrected chi connectivity index (χ3v) is 5.26. The summed E-state index contributed by atoms with van der Waals surface area (Å²) in [6, 6.07) is 3.76. The van der Waals surface area contributed by atoms with Gasteiger partial charge in [-0.05, 0) is 31.9 Å². The van der Waals surface area contributed by atoms with Crippen LogP contribution in [0.3, 0.4) is 0 Å². The number of aromatic nitrogens is 1. The van der Waals surface area contributed by atoms with Crippen molar-refractivity contribution in [1.29, 1.82) is 0 Å². The maximum absolute atomic E-state index is 12.3. The summed E-state index contributed by atoms with van der Waals surface area (Å²) in [7, 11) is -3.50. The van der Waals surface area contributed by atoms with Gasteiger partial charge in [-0.3, -0.25) is 0 Å². The molecule has 1 heterocycles. The Morgan fingerprint density at radius 3 is 2.37 bits per heavy atom. The van der Waals surface area contributed by atoms with Crippen molar-refractivity contribution in [3.8, 4) is 0 Å². The molecule has 0 radical (unpaired) electrons. The Morgan fingerprint density at radius 2 is 1.84 bits per heavy atom. The van der Waals surface area contributed by atoms with Gasteiger partial charge in [-0.25, -0.2) is 18.1 Å². The Bertz CT molecular complexity index is 654. The lowest BCUT2D eigenvalue weighted by atomic mass is 10.1. The van der Waals surface area contributed by atoms with Gasteiger partial charge in [-0.1, -0.05) is 17.7 Å². The van der Waals surface area contributed by atoms with Crippen molar-refractivity contribution in [2.75, 3.05) is 0 Å². The zero-order chi connectivity index (χ0) is 14.0. The van der Waals surface area contributed by atoms with Gasteiger partial charge in [-0.15, -0.1) is 11.3 Å². The van der Waals surface area contributed by atoms with Gasteiger partial charge in [0.05, 0.1) is 11.4 Å². The van der Waals surface area contributed by atoms with Crippen LogP contribution in [-0.2, 0) is 16.6 Å². The smallest absolute Gasteiger partial charge is 0.241 e. The molecule has 0 aliphatic heterocycles. The molecule has 0 spiro atoms. The van der Waals surface area contributed by atoms with Gasteiger partial charge in [0, 0.05) is 11.6 Å². The first kappa shape index (κ1) is 14.2. The monoisotopic (exact) mass is 296 g/mol. The SMILES string of the molecule is Cc1cc(C)c(S(=O)(=O)NCc2nccs2)c(C)c1. The van der Waals surface area contributed by atoms with Crippen LogP contribution in [-0.4, -0.2) is 13.4 Å². The van der Waals surface area contributed by atoms with Gasteiger partial charge in [0.1, 0.15) is 5.01 Å². The van der Waals surface area contributed by atoms with E-state index in [1.54, 1.807) is 6.20 Å². The number of hydrogen-bond acceptors (Lipinski definition) is 4. The molecule has 0 saturated carbocycles. The van der Waals surface area contributed by atoms with E-state index >= 15 is 0 Å². The minimum atomic E-state index is -3.50. The molecule has 0 unspecified atom stereocenters. The Morgan fingerprint density at radius 1 is 1.21 bits per heavy atom. The van der Waals surface area contributed by atoms with Crippen LogP contribution in [0.1, 0.15) is 21.7 Å². The maximum Gasteiger partial charge on any atom is 0.241 e. The van der Waals surface area contributed by atoms with E-state index in [-0.39, 0.29) is 6.54 Å². The van der Waals surface area contributed by atoms with E-state index in [1.165, 1.54) is 11.3 Å². The second-order valence-electron chi connectivity index (χ2n) is 4.48. The standard InChI is InChI=1S/C13H16N2O2S2/c1-9-6-10(2)13(11(3)7-9)19(16,17)15-8-12-14-4-5-18-12/h4-7,15H,8H2,1-3H3. The molecular formula is C13H16N2O2S2. The molecule has 0 amide bonds. The van der Waals surface area contributed by atoms with Crippen LogP contribution < -0.4 is 4.72 Å². The molecule has 1 N–H and O–H groups in total. The third-order valence-electron chi connectivity index (χ3n) is 2.77. The highest BCUT2D eigenvalue weighted by Gasteiger charge is 2.19. The van der Waals surface area contributed by atoms with E-state index in [0.29, 0.717) is 4.90 Å². The zero-order valence-corrected chi connectivity index (χ0v) is 12.7. The molecule has 0 atom stereocenters. The lowest BCUT2D eigenvalue weighted by Gasteiger charge is -2.12. The number of nitrogens with one attached hydrogen (secondary N) is 1. The molecule has 1 aromatic heterocycles. The van der Waals surface area contributed by atoms with Crippen molar-refractivity contribution in [1.82, 2.24) is 9.71 Å². The Balaban J connectivity index is 2.29. The molecule has 0 bridgehead atoms. The van der Waals surface area contributed by atoms with Gasteiger partial charge < -0.3 is 0 Å². The van der Waals surface area contributed by atoms with E-state index in [0.717, 1.165) is 21.7 Å². The summed E-state index contributed by atoms with van der Waals surface area (Å²) in [4.78, 5) is 4.43. The highest BCUT2D eigenvalue weighted by Crippen LogP contribution is 2.21. The topological polar surface area (TPSA) is 59.1 Å². The number of rotatable bonds is 4. The highest BCUT2D eigenvalue weighted by molar-refractivity contribution is 7.89. The summed E-state index contributed by atoms with van der Waals surface area (Å²) in [5.41, 5.74) is 2.60. The quantitative estimate of drug-likeness (QED) is 0.943. The molecule has 102 valence electrons. The summed E-state index contributed by atoms with van der Waals surface area (Å²) >= 11 is 1.43. The van der Waals surface area contributed by atoms with Crippen molar-refractivity contribution in [3.05, 3.63) is 45.4 Å². The normalized spacial score (nSPS) is 11.7. The molecule has 6 heteroatoms. The van der Waals surface area contributed by atoms with Crippen LogP contribution in [0, 0.1) is 20.8 Å². The first-order valence-corrected chi connectivity index (χ1v) is 8.22. The van der Waals surface area contributed by atoms with E-state index in [4.69, 9.17) is 0 Å². The summed E-state index contributed by atoms with van der Waals surface area (Å²) < 4.78 is 27.3. The summed E-state index contributed by atoms with van der Waals surface area (Å²) in [5, 5.41) is 2.58. The Labute approximate surface area is 117 Å². The molecule has 4 nitrogen and oxygen atoms in total. The second kappa shape index (κ2) is 5.40. The van der Waals surface area contributed by atoms with Crippen molar-refractivity contribution in [3.63, 3.8) is 0 Å². The van der Waals surface area contributed by atoms with Crippen LogP contribution in [0.25, 0.3) is 0 Å². The zero-order valence-electron chi connectivity index (χ0n) is 11.1. The number of benzene rings is 1. The maximum atomic E-state index is 12.3. The summed E-state index contributed by atoms with van der Waals surface area (Å²) in [6.45, 7) is 5.82. The van der Waals surface area contributed by atoms with Gasteiger partial charge in [0.2, 0.25) is 10.0 Å². The fourth-order valence-corrected chi connectivity index (χ4v) is 4.24. The molecule has 2 aromatic rings. The molecule has 0 aliphatic rings. The van der Waals surface area contributed by atoms with Gasteiger partial charge >= 0.3 is 0 Å². The van der Waals surface area contributed by atoms with Crippen molar-refractivity contribution in [2.24, 2.45) is 0 Å². The molecule has 0 aliphatic carbocycles. The van der Waals surface area contributed by atoms with Crippen LogP contribution in [0.15, 0.2) is 28.6 Å². The first-order chi connectivity index (χ1) is 8.90.